The highest BCUT2D eigenvalue weighted by Gasteiger charge is 2.35. The van der Waals surface area contributed by atoms with Gasteiger partial charge in [0, 0.05) is 38.1 Å². The summed E-state index contributed by atoms with van der Waals surface area (Å²) in [5.74, 6) is -1.42. The lowest BCUT2D eigenvalue weighted by Gasteiger charge is -2.35. The predicted octanol–water partition coefficient (Wildman–Crippen LogP) is 5.18. The first-order valence-electron chi connectivity index (χ1n) is 14.4. The van der Waals surface area contributed by atoms with E-state index in [0.29, 0.717) is 10.6 Å². The van der Waals surface area contributed by atoms with Gasteiger partial charge >= 0.3 is 10.2 Å². The third-order valence-corrected chi connectivity index (χ3v) is 9.65. The summed E-state index contributed by atoms with van der Waals surface area (Å²) < 4.78 is 42.5. The van der Waals surface area contributed by atoms with Crippen LogP contribution in [0.3, 0.4) is 0 Å². The van der Waals surface area contributed by atoms with Gasteiger partial charge in [-0.2, -0.15) is 12.7 Å². The van der Waals surface area contributed by atoms with Gasteiger partial charge in [0.2, 0.25) is 11.8 Å². The Morgan fingerprint density at radius 1 is 0.930 bits per heavy atom. The van der Waals surface area contributed by atoms with E-state index in [-0.39, 0.29) is 30.6 Å². The number of halogens is 2. The zero-order chi connectivity index (χ0) is 31.0. The Bertz CT molecular complexity index is 1480. The largest absolute Gasteiger partial charge is 0.352 e. The van der Waals surface area contributed by atoms with E-state index < -0.39 is 34.5 Å². The van der Waals surface area contributed by atoms with Crippen LogP contribution in [0.1, 0.15) is 43.2 Å². The summed E-state index contributed by atoms with van der Waals surface area (Å²) >= 11 is 6.27. The second kappa shape index (κ2) is 14.8. The van der Waals surface area contributed by atoms with Crippen LogP contribution in [0, 0.1) is 5.82 Å². The molecule has 3 aromatic rings. The number of hydrogen-bond donors (Lipinski definition) is 1. The average molecular weight is 629 g/mol. The first-order chi connectivity index (χ1) is 20.5. The summed E-state index contributed by atoms with van der Waals surface area (Å²) in [6.45, 7) is -0.580. The van der Waals surface area contributed by atoms with Gasteiger partial charge in [-0.1, -0.05) is 73.3 Å². The Balaban J connectivity index is 1.75. The molecule has 1 fully saturated rings. The molecule has 2 amide bonds. The quantitative estimate of drug-likeness (QED) is 0.299. The molecule has 0 heterocycles. The molecule has 1 N–H and O–H groups in total. The molecule has 1 aliphatic carbocycles. The fraction of sp³-hybridized carbons (Fsp3) is 0.375. The molecule has 0 saturated heterocycles. The number of hydrogen-bond acceptors (Lipinski definition) is 4. The first kappa shape index (κ1) is 32.4. The van der Waals surface area contributed by atoms with E-state index in [9.17, 15) is 22.4 Å². The fourth-order valence-corrected chi connectivity index (χ4v) is 6.52. The molecule has 0 aliphatic heterocycles. The van der Waals surface area contributed by atoms with Crippen LogP contribution in [0.15, 0.2) is 78.9 Å². The van der Waals surface area contributed by atoms with Gasteiger partial charge in [-0.05, 0) is 60.4 Å². The van der Waals surface area contributed by atoms with Crippen molar-refractivity contribution in [2.75, 3.05) is 24.9 Å². The van der Waals surface area contributed by atoms with Crippen LogP contribution < -0.4 is 9.62 Å². The minimum Gasteiger partial charge on any atom is -0.352 e. The van der Waals surface area contributed by atoms with Crippen molar-refractivity contribution in [1.82, 2.24) is 14.5 Å². The molecule has 0 aromatic heterocycles. The number of amides is 2. The van der Waals surface area contributed by atoms with Gasteiger partial charge in [0.1, 0.15) is 18.4 Å². The first-order valence-corrected chi connectivity index (χ1v) is 16.2. The minimum atomic E-state index is -4.17. The molecule has 1 saturated carbocycles. The highest BCUT2D eigenvalue weighted by atomic mass is 35.5. The smallest absolute Gasteiger partial charge is 0.304 e. The van der Waals surface area contributed by atoms with Gasteiger partial charge in [0.05, 0.1) is 5.69 Å². The van der Waals surface area contributed by atoms with Crippen LogP contribution in [0.5, 0.6) is 0 Å². The standard InChI is InChI=1S/C32H38ClFN4O4S/c1-36(2)43(41,42)38(29-18-16-27(34)17-19-29)23-31(39)37(22-25-12-9-13-26(33)20-25)30(21-24-10-5-3-6-11-24)32(40)35-28-14-7-4-8-15-28/h3,5-6,9-13,16-20,28,30H,4,7-8,14-15,21-23H2,1-2H3,(H,35,40)/t30-/m1/s1. The van der Waals surface area contributed by atoms with Crippen molar-refractivity contribution in [2.45, 2.75) is 57.2 Å². The summed E-state index contributed by atoms with van der Waals surface area (Å²) in [6.07, 6.45) is 5.13. The molecular formula is C32H38ClFN4O4S. The van der Waals surface area contributed by atoms with Crippen molar-refractivity contribution in [3.05, 3.63) is 101 Å². The number of nitrogens with one attached hydrogen (secondary N) is 1. The Hall–Kier alpha value is -3.47. The summed E-state index contributed by atoms with van der Waals surface area (Å²) in [4.78, 5) is 29.7. The normalized spacial score (nSPS) is 14.7. The van der Waals surface area contributed by atoms with Gasteiger partial charge in [0.25, 0.3) is 0 Å². The second-order valence-corrected chi connectivity index (χ2v) is 13.5. The summed E-state index contributed by atoms with van der Waals surface area (Å²) in [5.41, 5.74) is 1.66. The van der Waals surface area contributed by atoms with E-state index >= 15 is 0 Å². The van der Waals surface area contributed by atoms with E-state index in [2.05, 4.69) is 5.32 Å². The molecule has 0 spiro atoms. The second-order valence-electron chi connectivity index (χ2n) is 11.0. The van der Waals surface area contributed by atoms with Crippen LogP contribution in [-0.4, -0.2) is 62.2 Å². The van der Waals surface area contributed by atoms with Crippen LogP contribution in [0.4, 0.5) is 10.1 Å². The van der Waals surface area contributed by atoms with E-state index in [0.717, 1.165) is 58.4 Å². The topological polar surface area (TPSA) is 90.0 Å². The van der Waals surface area contributed by atoms with Crippen LogP contribution >= 0.6 is 11.6 Å². The molecule has 230 valence electrons. The molecule has 0 unspecified atom stereocenters. The fourth-order valence-electron chi connectivity index (χ4n) is 5.25. The predicted molar refractivity (Wildman–Crippen MR) is 167 cm³/mol. The Kier molecular flexibility index (Phi) is 11.2. The molecule has 4 rings (SSSR count). The molecule has 0 radical (unpaired) electrons. The Morgan fingerprint density at radius 2 is 1.58 bits per heavy atom. The molecule has 8 nitrogen and oxygen atoms in total. The van der Waals surface area contributed by atoms with Crippen LogP contribution in [-0.2, 0) is 32.8 Å². The minimum absolute atomic E-state index is 0.00692. The van der Waals surface area contributed by atoms with Gasteiger partial charge in [-0.25, -0.2) is 8.70 Å². The maximum Gasteiger partial charge on any atom is 0.304 e. The highest BCUT2D eigenvalue weighted by Crippen LogP contribution is 2.24. The van der Waals surface area contributed by atoms with Crippen molar-refractivity contribution >= 4 is 39.3 Å². The zero-order valence-corrected chi connectivity index (χ0v) is 26.0. The number of rotatable bonds is 12. The van der Waals surface area contributed by atoms with Crippen molar-refractivity contribution in [2.24, 2.45) is 0 Å². The number of anilines is 1. The van der Waals surface area contributed by atoms with E-state index in [1.54, 1.807) is 24.3 Å². The molecule has 43 heavy (non-hydrogen) atoms. The maximum absolute atomic E-state index is 14.3. The van der Waals surface area contributed by atoms with Gasteiger partial charge in [-0.15, -0.1) is 0 Å². The van der Waals surface area contributed by atoms with Gasteiger partial charge in [-0.3, -0.25) is 9.59 Å². The van der Waals surface area contributed by atoms with Crippen LogP contribution in [0.25, 0.3) is 0 Å². The van der Waals surface area contributed by atoms with Crippen molar-refractivity contribution in [1.29, 1.82) is 0 Å². The van der Waals surface area contributed by atoms with E-state index in [1.165, 1.54) is 31.1 Å². The zero-order valence-electron chi connectivity index (χ0n) is 24.5. The summed E-state index contributed by atoms with van der Waals surface area (Å²) in [7, 11) is -1.45. The third-order valence-electron chi connectivity index (χ3n) is 7.60. The molecule has 1 aliphatic rings. The molecule has 3 aromatic carbocycles. The SMILES string of the molecule is CN(C)S(=O)(=O)N(CC(=O)N(Cc1cccc(Cl)c1)[C@H](Cc1ccccc1)C(=O)NC1CCCCC1)c1ccc(F)cc1. The number of benzene rings is 3. The molecular weight excluding hydrogens is 591 g/mol. The number of nitrogens with zero attached hydrogens (tertiary/aromatic N) is 3. The third kappa shape index (κ3) is 8.78. The molecule has 0 bridgehead atoms. The van der Waals surface area contributed by atoms with Gasteiger partial charge < -0.3 is 10.2 Å². The van der Waals surface area contributed by atoms with Crippen molar-refractivity contribution in [3.8, 4) is 0 Å². The summed E-state index contributed by atoms with van der Waals surface area (Å²) in [5, 5.41) is 3.64. The van der Waals surface area contributed by atoms with Crippen molar-refractivity contribution in [3.63, 3.8) is 0 Å². The maximum atomic E-state index is 14.3. The van der Waals surface area contributed by atoms with E-state index in [1.807, 2.05) is 30.3 Å². The number of carbonyl (C=O) groups excluding carboxylic acids is 2. The monoisotopic (exact) mass is 628 g/mol. The van der Waals surface area contributed by atoms with Gasteiger partial charge in [0.15, 0.2) is 0 Å². The van der Waals surface area contributed by atoms with E-state index in [4.69, 9.17) is 11.6 Å². The molecule has 1 atom stereocenters. The molecule has 11 heteroatoms. The lowest BCUT2D eigenvalue weighted by atomic mass is 9.94. The Labute approximate surface area is 258 Å². The lowest BCUT2D eigenvalue weighted by molar-refractivity contribution is -0.140. The number of carbonyl (C=O) groups is 2. The highest BCUT2D eigenvalue weighted by molar-refractivity contribution is 7.90. The van der Waals surface area contributed by atoms with Crippen molar-refractivity contribution < 1.29 is 22.4 Å². The Morgan fingerprint density at radius 3 is 2.21 bits per heavy atom. The average Bonchev–Trinajstić information content (AvgIpc) is 2.99. The lowest BCUT2D eigenvalue weighted by Crippen LogP contribution is -2.55. The van der Waals surface area contributed by atoms with Crippen LogP contribution in [0.2, 0.25) is 5.02 Å². The summed E-state index contributed by atoms with van der Waals surface area (Å²) in [6, 6.07) is 20.4.